The summed E-state index contributed by atoms with van der Waals surface area (Å²) in [6.07, 6.45) is 0.334. The predicted molar refractivity (Wildman–Crippen MR) is 82.3 cm³/mol. The van der Waals surface area contributed by atoms with E-state index in [0.717, 1.165) is 0 Å². The standard InChI is InChI=1S/2C5H8O3.2C3H7O.Zr/c2*1-2-4(6)3-5(7)8;2*1-3(2)4;/h2*2-3H2,1H3,(H,7,8);2*3H,1-2H3;/q;;2*-1;+4/p-2. The molecule has 0 spiro atoms. The molecule has 0 atom stereocenters. The molecule has 0 saturated carbocycles. The quantitative estimate of drug-likeness (QED) is 0.433. The molecule has 0 N–H and O–H groups in total. The molecule has 0 fully saturated rings. The molecule has 0 aromatic heterocycles. The first-order valence-corrected chi connectivity index (χ1v) is 9.96. The number of carboxylic acid groups (broad SMARTS) is 2. The van der Waals surface area contributed by atoms with Gasteiger partial charge >= 0.3 is 69.6 Å². The predicted octanol–water partition coefficient (Wildman–Crippen LogP) is -0.0401. The fourth-order valence-electron chi connectivity index (χ4n) is 0.792. The zero-order valence-corrected chi connectivity index (χ0v) is 18.2. The maximum atomic E-state index is 10.2. The van der Waals surface area contributed by atoms with Crippen molar-refractivity contribution in [2.45, 2.75) is 79.4 Å². The van der Waals surface area contributed by atoms with Gasteiger partial charge in [-0.25, -0.2) is 0 Å². The molecule has 0 saturated heterocycles. The van der Waals surface area contributed by atoms with Crippen LogP contribution in [0.1, 0.15) is 67.2 Å². The molecule has 0 aromatic carbocycles. The van der Waals surface area contributed by atoms with Gasteiger partial charge in [0.25, 0.3) is 0 Å². The summed E-state index contributed by atoms with van der Waals surface area (Å²) in [5.74, 6) is -3.16. The van der Waals surface area contributed by atoms with Crippen LogP contribution in [0.4, 0.5) is 0 Å². The molecule has 8 nitrogen and oxygen atoms in total. The van der Waals surface area contributed by atoms with E-state index in [2.05, 4.69) is 0 Å². The smallest absolute Gasteiger partial charge is 0.138 e. The number of aliphatic carboxylic acids is 2. The van der Waals surface area contributed by atoms with Crippen LogP contribution in [0.2, 0.25) is 0 Å². The van der Waals surface area contributed by atoms with E-state index in [4.69, 9.17) is 5.63 Å². The van der Waals surface area contributed by atoms with Gasteiger partial charge in [-0.15, -0.1) is 0 Å². The van der Waals surface area contributed by atoms with Crippen molar-refractivity contribution >= 4 is 23.5 Å². The number of carbonyl (C=O) groups is 4. The molecule has 0 rings (SSSR count). The van der Waals surface area contributed by atoms with E-state index in [1.54, 1.807) is 13.8 Å². The Balaban J connectivity index is -0.000000291. The van der Waals surface area contributed by atoms with Crippen LogP contribution in [0.15, 0.2) is 0 Å². The minimum atomic E-state index is -1.29. The number of Topliss-reactive ketones (excluding diaryl/α,β-unsaturated/α-hetero) is 2. The molecule has 144 valence electrons. The van der Waals surface area contributed by atoms with Gasteiger partial charge in [0, 0.05) is 37.6 Å². The van der Waals surface area contributed by atoms with Crippen molar-refractivity contribution in [2.24, 2.45) is 0 Å². The molecule has 9 heteroatoms. The number of carboxylic acids is 2. The second-order valence-corrected chi connectivity index (χ2v) is 6.87. The molecular formula is C16H28O8Zr. The van der Waals surface area contributed by atoms with Crippen LogP contribution in [0.25, 0.3) is 0 Å². The average molecular weight is 440 g/mol. The monoisotopic (exact) mass is 438 g/mol. The minimum Gasteiger partial charge on any atom is -0.550 e. The Hall–Kier alpha value is -0.917. The molecule has 0 heterocycles. The van der Waals surface area contributed by atoms with Crippen LogP contribution in [-0.4, -0.2) is 35.7 Å². The Morgan fingerprint density at radius 3 is 1.16 bits per heavy atom. The first-order valence-electron chi connectivity index (χ1n) is 7.95. The van der Waals surface area contributed by atoms with Gasteiger partial charge in [0.1, 0.15) is 11.6 Å². The Kier molecular flexibility index (Phi) is 22.4. The van der Waals surface area contributed by atoms with E-state index in [1.165, 1.54) is 0 Å². The Morgan fingerprint density at radius 1 is 0.760 bits per heavy atom. The number of hydrogen-bond donors (Lipinski definition) is 0. The SMILES string of the molecule is CC(C)[O][Zr+2][O]C(C)C.CCC(=O)CC(=O)[O-].CCC(=O)CC(=O)[O-]. The summed E-state index contributed by atoms with van der Waals surface area (Å²) in [4.78, 5) is 39.7. The van der Waals surface area contributed by atoms with Gasteiger partial charge in [0.15, 0.2) is 0 Å². The first-order chi connectivity index (χ1) is 11.5. The number of carbonyl (C=O) groups excluding carboxylic acids is 4. The van der Waals surface area contributed by atoms with Crippen molar-refractivity contribution in [3.8, 4) is 0 Å². The fourth-order valence-corrected chi connectivity index (χ4v) is 1.87. The van der Waals surface area contributed by atoms with Crippen LogP contribution in [0.3, 0.4) is 0 Å². The van der Waals surface area contributed by atoms with Crippen molar-refractivity contribution in [3.63, 3.8) is 0 Å². The molecule has 0 unspecified atom stereocenters. The Morgan fingerprint density at radius 2 is 1.04 bits per heavy atom. The van der Waals surface area contributed by atoms with E-state index in [0.29, 0.717) is 12.2 Å². The zero-order valence-electron chi connectivity index (χ0n) is 15.7. The molecule has 0 aromatic rings. The minimum absolute atomic E-state index is 0.272. The fraction of sp³-hybridized carbons (Fsp3) is 0.750. The maximum Gasteiger partial charge on any atom is 0.138 e. The third-order valence-corrected chi connectivity index (χ3v) is 4.83. The first kappa shape index (κ1) is 28.9. The van der Waals surface area contributed by atoms with Crippen LogP contribution in [0, 0.1) is 0 Å². The summed E-state index contributed by atoms with van der Waals surface area (Å²) < 4.78 is 10.6. The third kappa shape index (κ3) is 35.2. The van der Waals surface area contributed by atoms with Gasteiger partial charge < -0.3 is 19.8 Å². The van der Waals surface area contributed by atoms with Gasteiger partial charge in [0.05, 0.1) is 0 Å². The molecule has 0 aliphatic carbocycles. The third-order valence-electron chi connectivity index (χ3n) is 2.04. The molecule has 0 aliphatic heterocycles. The summed E-state index contributed by atoms with van der Waals surface area (Å²) in [5, 5.41) is 19.3. The summed E-state index contributed by atoms with van der Waals surface area (Å²) in [7, 11) is 0. The van der Waals surface area contributed by atoms with E-state index >= 15 is 0 Å². The summed E-state index contributed by atoms with van der Waals surface area (Å²) in [6.45, 7) is 11.4. The van der Waals surface area contributed by atoms with Gasteiger partial charge in [-0.2, -0.15) is 0 Å². The molecule has 0 amide bonds. The van der Waals surface area contributed by atoms with E-state index in [9.17, 15) is 29.4 Å². The van der Waals surface area contributed by atoms with Crippen LogP contribution >= 0.6 is 0 Å². The molecule has 0 bridgehead atoms. The Labute approximate surface area is 162 Å². The Bertz CT molecular complexity index is 358. The summed E-state index contributed by atoms with van der Waals surface area (Å²) >= 11 is -0.929. The topological polar surface area (TPSA) is 133 Å². The second-order valence-electron chi connectivity index (χ2n) is 5.30. The van der Waals surface area contributed by atoms with Crippen LogP contribution in [0.5, 0.6) is 0 Å². The molecular weight excluding hydrogens is 411 g/mol. The molecule has 25 heavy (non-hydrogen) atoms. The van der Waals surface area contributed by atoms with E-state index < -0.39 is 48.9 Å². The summed E-state index contributed by atoms with van der Waals surface area (Å²) in [5.41, 5.74) is 0. The van der Waals surface area contributed by atoms with Crippen LogP contribution in [-0.2, 0) is 48.9 Å². The van der Waals surface area contributed by atoms with Gasteiger partial charge in [-0.3, -0.25) is 9.59 Å². The molecule has 0 radical (unpaired) electrons. The van der Waals surface area contributed by atoms with E-state index in [-0.39, 0.29) is 24.4 Å². The zero-order chi connectivity index (χ0) is 20.4. The van der Waals surface area contributed by atoms with Crippen molar-refractivity contribution in [2.75, 3.05) is 0 Å². The van der Waals surface area contributed by atoms with E-state index in [1.807, 2.05) is 27.7 Å². The van der Waals surface area contributed by atoms with Crippen molar-refractivity contribution in [1.82, 2.24) is 0 Å². The largest absolute Gasteiger partial charge is 0.550 e. The second kappa shape index (κ2) is 19.4. The van der Waals surface area contributed by atoms with Gasteiger partial charge in [0.2, 0.25) is 0 Å². The number of rotatable bonds is 10. The number of hydrogen-bond acceptors (Lipinski definition) is 8. The summed E-state index contributed by atoms with van der Waals surface area (Å²) in [6, 6.07) is 0. The normalized spacial score (nSPS) is 9.28. The van der Waals surface area contributed by atoms with Crippen molar-refractivity contribution in [3.05, 3.63) is 0 Å². The maximum absolute atomic E-state index is 10.2. The van der Waals surface area contributed by atoms with Gasteiger partial charge in [-0.05, 0) is 0 Å². The van der Waals surface area contributed by atoms with Crippen LogP contribution < -0.4 is 10.2 Å². The number of ketones is 2. The average Bonchev–Trinajstić information content (AvgIpc) is 2.46. The molecule has 0 aliphatic rings. The van der Waals surface area contributed by atoms with Gasteiger partial charge in [-0.1, -0.05) is 13.8 Å². The van der Waals surface area contributed by atoms with Crippen molar-refractivity contribution in [1.29, 1.82) is 0 Å². The van der Waals surface area contributed by atoms with Crippen molar-refractivity contribution < 1.29 is 59.1 Å².